The van der Waals surface area contributed by atoms with Gasteiger partial charge in [0.2, 0.25) is 5.95 Å². The maximum absolute atomic E-state index is 4.48. The van der Waals surface area contributed by atoms with E-state index in [0.717, 1.165) is 37.6 Å². The maximum atomic E-state index is 4.48. The molecule has 0 saturated carbocycles. The summed E-state index contributed by atoms with van der Waals surface area (Å²) in [6.07, 6.45) is 3.13. The predicted octanol–water partition coefficient (Wildman–Crippen LogP) is 1.18. The minimum atomic E-state index is 0.424. The predicted molar refractivity (Wildman–Crippen MR) is 66.6 cm³/mol. The molecule has 2 N–H and O–H groups in total. The van der Waals surface area contributed by atoms with Gasteiger partial charge in [0.1, 0.15) is 5.82 Å². The first-order valence-electron chi connectivity index (χ1n) is 5.98. The number of aromatic nitrogens is 3. The average molecular weight is 225 g/mol. The molecule has 0 spiro atoms. The summed E-state index contributed by atoms with van der Waals surface area (Å²) in [4.78, 5) is 4.48. The van der Waals surface area contributed by atoms with Gasteiger partial charge >= 0.3 is 0 Å². The molecule has 1 aromatic heterocycles. The lowest BCUT2D eigenvalue weighted by Gasteiger charge is -2.07. The second-order valence-electron chi connectivity index (χ2n) is 4.14. The van der Waals surface area contributed by atoms with Crippen LogP contribution >= 0.6 is 0 Å². The molecule has 16 heavy (non-hydrogen) atoms. The molecule has 0 saturated heterocycles. The fraction of sp³-hybridized carbons (Fsp3) is 0.818. The Kier molecular flexibility index (Phi) is 5.25. The van der Waals surface area contributed by atoms with Gasteiger partial charge in [0.25, 0.3) is 0 Å². The van der Waals surface area contributed by atoms with E-state index in [1.165, 1.54) is 0 Å². The monoisotopic (exact) mass is 225 g/mol. The van der Waals surface area contributed by atoms with Crippen LogP contribution in [0.5, 0.6) is 0 Å². The van der Waals surface area contributed by atoms with E-state index in [1.807, 2.05) is 18.8 Å². The van der Waals surface area contributed by atoms with Crippen LogP contribution in [0.25, 0.3) is 0 Å². The molecule has 0 aliphatic heterocycles. The zero-order chi connectivity index (χ0) is 12.0. The Labute approximate surface area is 97.6 Å². The number of rotatable bonds is 7. The van der Waals surface area contributed by atoms with E-state index in [9.17, 15) is 0 Å². The largest absolute Gasteiger partial charge is 0.350 e. The van der Waals surface area contributed by atoms with Gasteiger partial charge in [-0.05, 0) is 33.4 Å². The quantitative estimate of drug-likeness (QED) is 0.684. The summed E-state index contributed by atoms with van der Waals surface area (Å²) in [5, 5.41) is 10.8. The molecule has 0 aromatic carbocycles. The van der Waals surface area contributed by atoms with Gasteiger partial charge < -0.3 is 10.6 Å². The molecule has 1 unspecified atom stereocenters. The maximum Gasteiger partial charge on any atom is 0.242 e. The van der Waals surface area contributed by atoms with E-state index in [2.05, 4.69) is 34.6 Å². The lowest BCUT2D eigenvalue weighted by atomic mass is 10.3. The van der Waals surface area contributed by atoms with E-state index in [-0.39, 0.29) is 0 Å². The first-order valence-corrected chi connectivity index (χ1v) is 5.98. The molecular formula is C11H23N5. The van der Waals surface area contributed by atoms with Gasteiger partial charge in [0.05, 0.1) is 0 Å². The molecule has 0 bridgehead atoms. The lowest BCUT2D eigenvalue weighted by Crippen LogP contribution is -2.14. The van der Waals surface area contributed by atoms with E-state index in [0.29, 0.717) is 6.04 Å². The summed E-state index contributed by atoms with van der Waals surface area (Å²) >= 11 is 0. The van der Waals surface area contributed by atoms with Gasteiger partial charge in [-0.1, -0.05) is 6.92 Å². The van der Waals surface area contributed by atoms with Crippen molar-refractivity contribution in [3.8, 4) is 0 Å². The molecule has 5 heteroatoms. The topological polar surface area (TPSA) is 54.8 Å². The summed E-state index contributed by atoms with van der Waals surface area (Å²) in [6, 6.07) is 0.424. The van der Waals surface area contributed by atoms with Crippen LogP contribution in [0.3, 0.4) is 0 Å². The summed E-state index contributed by atoms with van der Waals surface area (Å²) in [5.74, 6) is 1.79. The van der Waals surface area contributed by atoms with E-state index in [1.54, 1.807) is 0 Å². The third-order valence-corrected chi connectivity index (χ3v) is 2.67. The number of anilines is 1. The summed E-state index contributed by atoms with van der Waals surface area (Å²) in [5.41, 5.74) is 0. The second kappa shape index (κ2) is 6.48. The summed E-state index contributed by atoms with van der Waals surface area (Å²) < 4.78 is 1.86. The number of nitrogens with zero attached hydrogens (tertiary/aromatic N) is 3. The van der Waals surface area contributed by atoms with Crippen molar-refractivity contribution in [3.05, 3.63) is 5.82 Å². The minimum Gasteiger partial charge on any atom is -0.350 e. The Morgan fingerprint density at radius 3 is 2.81 bits per heavy atom. The van der Waals surface area contributed by atoms with Crippen molar-refractivity contribution in [1.29, 1.82) is 0 Å². The SMILES string of the molecule is CCC(C)Nc1nc(CCCNC)n(C)n1. The highest BCUT2D eigenvalue weighted by atomic mass is 15.4. The standard InChI is InChI=1S/C11H23N5/c1-5-9(2)13-11-14-10(16(4)15-11)7-6-8-12-3/h9,12H,5-8H2,1-4H3,(H,13,15). The van der Waals surface area contributed by atoms with Crippen molar-refractivity contribution in [1.82, 2.24) is 20.1 Å². The Morgan fingerprint density at radius 1 is 1.44 bits per heavy atom. The molecule has 1 atom stereocenters. The first-order chi connectivity index (χ1) is 7.67. The third kappa shape index (κ3) is 3.81. The molecule has 0 amide bonds. The van der Waals surface area contributed by atoms with Crippen LogP contribution < -0.4 is 10.6 Å². The second-order valence-corrected chi connectivity index (χ2v) is 4.14. The van der Waals surface area contributed by atoms with E-state index in [4.69, 9.17) is 0 Å². The Balaban J connectivity index is 2.52. The molecule has 0 aliphatic rings. The Bertz CT molecular complexity index is 307. The fourth-order valence-corrected chi connectivity index (χ4v) is 1.44. The van der Waals surface area contributed by atoms with Gasteiger partial charge in [0, 0.05) is 19.5 Å². The molecule has 0 fully saturated rings. The van der Waals surface area contributed by atoms with Crippen LogP contribution in [0, 0.1) is 0 Å². The summed E-state index contributed by atoms with van der Waals surface area (Å²) in [6.45, 7) is 5.30. The van der Waals surface area contributed by atoms with Crippen molar-refractivity contribution >= 4 is 5.95 Å². The number of aryl methyl sites for hydroxylation is 2. The number of nitrogens with one attached hydrogen (secondary N) is 2. The lowest BCUT2D eigenvalue weighted by molar-refractivity contribution is 0.649. The highest BCUT2D eigenvalue weighted by Gasteiger charge is 2.08. The highest BCUT2D eigenvalue weighted by molar-refractivity contribution is 5.24. The van der Waals surface area contributed by atoms with Gasteiger partial charge in [-0.25, -0.2) is 0 Å². The number of hydrogen-bond acceptors (Lipinski definition) is 4. The normalized spacial score (nSPS) is 12.8. The first kappa shape index (κ1) is 13.0. The highest BCUT2D eigenvalue weighted by Crippen LogP contribution is 2.06. The van der Waals surface area contributed by atoms with Crippen molar-refractivity contribution in [2.45, 2.75) is 39.2 Å². The van der Waals surface area contributed by atoms with E-state index < -0.39 is 0 Å². The molecule has 0 aliphatic carbocycles. The average Bonchev–Trinajstić information content (AvgIpc) is 2.59. The van der Waals surface area contributed by atoms with Crippen LogP contribution in [-0.2, 0) is 13.5 Å². The van der Waals surface area contributed by atoms with Gasteiger partial charge in [-0.2, -0.15) is 4.98 Å². The van der Waals surface area contributed by atoms with Crippen molar-refractivity contribution in [2.75, 3.05) is 18.9 Å². The Hall–Kier alpha value is -1.10. The fourth-order valence-electron chi connectivity index (χ4n) is 1.44. The van der Waals surface area contributed by atoms with Crippen molar-refractivity contribution in [2.24, 2.45) is 7.05 Å². The third-order valence-electron chi connectivity index (χ3n) is 2.67. The zero-order valence-electron chi connectivity index (χ0n) is 10.7. The smallest absolute Gasteiger partial charge is 0.242 e. The molecule has 5 nitrogen and oxygen atoms in total. The minimum absolute atomic E-state index is 0.424. The Morgan fingerprint density at radius 2 is 2.19 bits per heavy atom. The molecule has 0 radical (unpaired) electrons. The van der Waals surface area contributed by atoms with Gasteiger partial charge in [0.15, 0.2) is 0 Å². The van der Waals surface area contributed by atoms with Crippen LogP contribution in [0.4, 0.5) is 5.95 Å². The van der Waals surface area contributed by atoms with Gasteiger partial charge in [-0.3, -0.25) is 4.68 Å². The van der Waals surface area contributed by atoms with Crippen LogP contribution in [0.15, 0.2) is 0 Å². The van der Waals surface area contributed by atoms with Crippen LogP contribution in [-0.4, -0.2) is 34.4 Å². The van der Waals surface area contributed by atoms with Gasteiger partial charge in [-0.15, -0.1) is 5.10 Å². The van der Waals surface area contributed by atoms with Crippen molar-refractivity contribution in [3.63, 3.8) is 0 Å². The molecule has 1 heterocycles. The van der Waals surface area contributed by atoms with E-state index >= 15 is 0 Å². The molecule has 92 valence electrons. The van der Waals surface area contributed by atoms with Crippen LogP contribution in [0.1, 0.15) is 32.5 Å². The van der Waals surface area contributed by atoms with Crippen LogP contribution in [0.2, 0.25) is 0 Å². The molecular weight excluding hydrogens is 202 g/mol. The summed E-state index contributed by atoms with van der Waals surface area (Å²) in [7, 11) is 3.91. The molecule has 1 rings (SSSR count). The number of hydrogen-bond donors (Lipinski definition) is 2. The molecule has 1 aromatic rings. The van der Waals surface area contributed by atoms with Crippen molar-refractivity contribution < 1.29 is 0 Å². The zero-order valence-corrected chi connectivity index (χ0v) is 10.7.